The first-order valence-electron chi connectivity index (χ1n) is 14.1. The fourth-order valence-electron chi connectivity index (χ4n) is 6.31. The Labute approximate surface area is 244 Å². The lowest BCUT2D eigenvalue weighted by molar-refractivity contribution is -0.127. The molecule has 0 spiro atoms. The van der Waals surface area contributed by atoms with Crippen molar-refractivity contribution in [3.8, 4) is 16.9 Å². The number of benzene rings is 1. The van der Waals surface area contributed by atoms with E-state index in [1.54, 1.807) is 17.2 Å². The van der Waals surface area contributed by atoms with E-state index in [0.717, 1.165) is 6.07 Å². The smallest absolute Gasteiger partial charge is 0.349 e. The fourth-order valence-corrected chi connectivity index (χ4v) is 6.31. The molecular formula is C31H27F2N7O3. The Morgan fingerprint density at radius 2 is 1.93 bits per heavy atom. The third-order valence-electron chi connectivity index (χ3n) is 8.32. The van der Waals surface area contributed by atoms with Gasteiger partial charge in [-0.15, -0.1) is 0 Å². The standard InChI is InChI=1S/C31H27F2N7O3/c1-4-24(42)38-10-11-39(22-14-21(22)38)29-17-13-19(33)27-25-18(32)6-5-7-20(25)35-23(41)12-16-8-9-34-26(15(2)3)28(16)40(30(17)36-27)31(43)37-29/h4-9,13,15,21-22H,1,10-12,14H2,2-3H3,(H,35,41)/t21-,22?/m1/s1. The predicted octanol–water partition coefficient (Wildman–Crippen LogP) is 3.71. The van der Waals surface area contributed by atoms with Crippen LogP contribution in [-0.4, -0.2) is 61.4 Å². The van der Waals surface area contributed by atoms with Gasteiger partial charge < -0.3 is 15.1 Å². The highest BCUT2D eigenvalue weighted by Gasteiger charge is 2.51. The average Bonchev–Trinajstić information content (AvgIpc) is 3.77. The van der Waals surface area contributed by atoms with Crippen LogP contribution in [0.5, 0.6) is 0 Å². The van der Waals surface area contributed by atoms with Crippen molar-refractivity contribution in [2.24, 2.45) is 0 Å². The van der Waals surface area contributed by atoms with Crippen LogP contribution in [0.2, 0.25) is 0 Å². The molecule has 4 aromatic rings. The summed E-state index contributed by atoms with van der Waals surface area (Å²) >= 11 is 0. The van der Waals surface area contributed by atoms with Crippen molar-refractivity contribution in [2.45, 2.75) is 44.7 Å². The highest BCUT2D eigenvalue weighted by molar-refractivity contribution is 5.99. The summed E-state index contributed by atoms with van der Waals surface area (Å²) in [5, 5.41) is 2.95. The molecule has 2 fully saturated rings. The van der Waals surface area contributed by atoms with Crippen molar-refractivity contribution in [3.05, 3.63) is 82.6 Å². The molecule has 2 bridgehead atoms. The third-order valence-corrected chi connectivity index (χ3v) is 8.32. The molecule has 218 valence electrons. The van der Waals surface area contributed by atoms with E-state index in [-0.39, 0.29) is 64.1 Å². The monoisotopic (exact) mass is 583 g/mol. The summed E-state index contributed by atoms with van der Waals surface area (Å²) in [4.78, 5) is 57.0. The summed E-state index contributed by atoms with van der Waals surface area (Å²) in [6, 6.07) is 6.72. The molecule has 1 saturated heterocycles. The number of halogens is 2. The van der Waals surface area contributed by atoms with Gasteiger partial charge in [-0.25, -0.2) is 23.1 Å². The second-order valence-corrected chi connectivity index (χ2v) is 11.3. The second-order valence-electron chi connectivity index (χ2n) is 11.3. The third kappa shape index (κ3) is 4.19. The van der Waals surface area contributed by atoms with E-state index in [1.807, 2.05) is 18.7 Å². The number of pyridine rings is 2. The molecule has 5 heterocycles. The number of carbonyl (C=O) groups is 2. The Kier molecular flexibility index (Phi) is 6.12. The molecule has 7 rings (SSSR count). The van der Waals surface area contributed by atoms with Crippen LogP contribution in [0.3, 0.4) is 0 Å². The van der Waals surface area contributed by atoms with Gasteiger partial charge in [-0.05, 0) is 48.2 Å². The summed E-state index contributed by atoms with van der Waals surface area (Å²) in [5.74, 6) is -2.20. The Balaban J connectivity index is 1.54. The molecule has 12 heteroatoms. The molecular weight excluding hydrogens is 556 g/mol. The van der Waals surface area contributed by atoms with Gasteiger partial charge in [0.1, 0.15) is 17.3 Å². The summed E-state index contributed by atoms with van der Waals surface area (Å²) in [6.45, 7) is 8.14. The SMILES string of the molecule is C=CC(=O)N1CCN(c2nc(=O)n3c4nc(c(F)cc24)-c2c(F)cccc2NC(=O)Cc2ccnc(C(C)C)c2-3)C2C[C@H]21. The van der Waals surface area contributed by atoms with Gasteiger partial charge in [0.15, 0.2) is 11.5 Å². The number of rotatable bonds is 3. The Hall–Kier alpha value is -5.00. The van der Waals surface area contributed by atoms with E-state index in [1.165, 1.54) is 28.8 Å². The van der Waals surface area contributed by atoms with Crippen LogP contribution < -0.4 is 15.9 Å². The maximum absolute atomic E-state index is 16.1. The van der Waals surface area contributed by atoms with Crippen molar-refractivity contribution in [3.63, 3.8) is 0 Å². The second kappa shape index (κ2) is 9.79. The number of aromatic nitrogens is 4. The predicted molar refractivity (Wildman–Crippen MR) is 156 cm³/mol. The van der Waals surface area contributed by atoms with Crippen molar-refractivity contribution >= 4 is 34.4 Å². The van der Waals surface area contributed by atoms with Gasteiger partial charge in [0.2, 0.25) is 11.8 Å². The van der Waals surface area contributed by atoms with Crippen molar-refractivity contribution in [1.29, 1.82) is 0 Å². The molecule has 0 radical (unpaired) electrons. The van der Waals surface area contributed by atoms with E-state index < -0.39 is 23.2 Å². The van der Waals surface area contributed by atoms with Gasteiger partial charge in [-0.1, -0.05) is 26.5 Å². The number of nitrogens with one attached hydrogen (secondary N) is 1. The minimum Gasteiger partial charge on any atom is -0.349 e. The molecule has 2 atom stereocenters. The lowest BCUT2D eigenvalue weighted by Crippen LogP contribution is -2.49. The number of hydrogen-bond donors (Lipinski definition) is 1. The maximum Gasteiger partial charge on any atom is 0.355 e. The van der Waals surface area contributed by atoms with E-state index in [0.29, 0.717) is 36.5 Å². The van der Waals surface area contributed by atoms with Gasteiger partial charge in [-0.2, -0.15) is 4.98 Å². The van der Waals surface area contributed by atoms with Crippen LogP contribution >= 0.6 is 0 Å². The van der Waals surface area contributed by atoms with Gasteiger partial charge in [0.05, 0.1) is 46.5 Å². The number of fused-ring (bicyclic) bond motifs is 6. The van der Waals surface area contributed by atoms with Gasteiger partial charge in [0, 0.05) is 19.3 Å². The Morgan fingerprint density at radius 1 is 1.12 bits per heavy atom. The molecule has 3 aliphatic rings. The van der Waals surface area contributed by atoms with Crippen molar-refractivity contribution in [1.82, 2.24) is 24.4 Å². The summed E-state index contributed by atoms with van der Waals surface area (Å²) in [6.07, 6.45) is 3.35. The minimum absolute atomic E-state index is 0.0596. The molecule has 43 heavy (non-hydrogen) atoms. The number of hydrogen-bond acceptors (Lipinski definition) is 7. The van der Waals surface area contributed by atoms with Gasteiger partial charge in [0.25, 0.3) is 0 Å². The largest absolute Gasteiger partial charge is 0.355 e. The summed E-state index contributed by atoms with van der Waals surface area (Å²) in [7, 11) is 0. The van der Waals surface area contributed by atoms with Crippen LogP contribution in [0, 0.1) is 11.6 Å². The summed E-state index contributed by atoms with van der Waals surface area (Å²) in [5.41, 5.74) is 0.202. The quantitative estimate of drug-likeness (QED) is 0.366. The Morgan fingerprint density at radius 3 is 2.70 bits per heavy atom. The van der Waals surface area contributed by atoms with Crippen LogP contribution in [0.4, 0.5) is 20.3 Å². The molecule has 1 aliphatic carbocycles. The maximum atomic E-state index is 16.1. The van der Waals surface area contributed by atoms with Gasteiger partial charge >= 0.3 is 5.69 Å². The van der Waals surface area contributed by atoms with Crippen molar-refractivity contribution in [2.75, 3.05) is 23.3 Å². The first kappa shape index (κ1) is 26.9. The normalized spacial score (nSPS) is 19.0. The zero-order chi connectivity index (χ0) is 30.2. The van der Waals surface area contributed by atoms with Crippen LogP contribution in [0.15, 0.2) is 54.0 Å². The number of amides is 2. The molecule has 1 unspecified atom stereocenters. The number of nitrogens with zero attached hydrogens (tertiary/aromatic N) is 6. The molecule has 1 N–H and O–H groups in total. The molecule has 1 saturated carbocycles. The highest BCUT2D eigenvalue weighted by Crippen LogP contribution is 2.42. The van der Waals surface area contributed by atoms with Crippen molar-refractivity contribution < 1.29 is 18.4 Å². The molecule has 3 aromatic heterocycles. The molecule has 2 aliphatic heterocycles. The number of piperazine rings is 1. The van der Waals surface area contributed by atoms with Crippen LogP contribution in [0.25, 0.3) is 28.0 Å². The lowest BCUT2D eigenvalue weighted by atomic mass is 10.0. The zero-order valence-electron chi connectivity index (χ0n) is 23.5. The first-order chi connectivity index (χ1) is 20.7. The van der Waals surface area contributed by atoms with Crippen LogP contribution in [-0.2, 0) is 16.0 Å². The Bertz CT molecular complexity index is 1940. The van der Waals surface area contributed by atoms with Gasteiger partial charge in [-0.3, -0.25) is 14.6 Å². The molecule has 1 aromatic carbocycles. The van der Waals surface area contributed by atoms with E-state index in [2.05, 4.69) is 26.8 Å². The topological polar surface area (TPSA) is 113 Å². The number of carbonyl (C=O) groups excluding carboxylic acids is 2. The van der Waals surface area contributed by atoms with Crippen LogP contribution in [0.1, 0.15) is 37.4 Å². The first-order valence-corrected chi connectivity index (χ1v) is 14.1. The highest BCUT2D eigenvalue weighted by atomic mass is 19.1. The molecule has 10 nitrogen and oxygen atoms in total. The average molecular weight is 584 g/mol. The summed E-state index contributed by atoms with van der Waals surface area (Å²) < 4.78 is 32.7. The molecule has 2 amide bonds. The fraction of sp³-hybridized carbons (Fsp3) is 0.290. The lowest BCUT2D eigenvalue weighted by Gasteiger charge is -2.35. The van der Waals surface area contributed by atoms with E-state index >= 15 is 8.78 Å². The van der Waals surface area contributed by atoms with E-state index in [9.17, 15) is 14.4 Å². The minimum atomic E-state index is -0.844. The van der Waals surface area contributed by atoms with E-state index in [4.69, 9.17) is 0 Å². The number of anilines is 2. The zero-order valence-corrected chi connectivity index (χ0v) is 23.5.